The maximum Gasteiger partial charge on any atom is 0.472 e. The van der Waals surface area contributed by atoms with E-state index in [0.29, 0.717) is 44.9 Å². The molecule has 0 bridgehead atoms. The molecule has 3 N–H and O–H groups in total. The Bertz CT molecular complexity index is 2850. The molecule has 0 rings (SSSR count). The van der Waals surface area contributed by atoms with E-state index in [2.05, 4.69) is 174 Å². The molecule has 17 nitrogen and oxygen atoms in total. The summed E-state index contributed by atoms with van der Waals surface area (Å²) in [6.45, 7) is 4.38. The van der Waals surface area contributed by atoms with Crippen molar-refractivity contribution in [3.05, 3.63) is 194 Å². The summed E-state index contributed by atoms with van der Waals surface area (Å²) in [6.07, 6.45) is 100. The number of esters is 4. The Hall–Kier alpha value is -6.10. The van der Waals surface area contributed by atoms with Gasteiger partial charge in [0.1, 0.15) is 19.3 Å². The van der Waals surface area contributed by atoms with Crippen LogP contribution in [-0.4, -0.2) is 96.7 Å². The van der Waals surface area contributed by atoms with Gasteiger partial charge in [-0.25, -0.2) is 9.13 Å². The van der Waals surface area contributed by atoms with E-state index in [9.17, 15) is 43.2 Å². The zero-order valence-electron chi connectivity index (χ0n) is 68.1. The van der Waals surface area contributed by atoms with Gasteiger partial charge in [-0.3, -0.25) is 37.3 Å². The third-order valence-electron chi connectivity index (χ3n) is 16.6. The van der Waals surface area contributed by atoms with Crippen LogP contribution in [0.5, 0.6) is 0 Å². The zero-order valence-corrected chi connectivity index (χ0v) is 69.9. The molecular formula is C91H146O17P2. The average molecular weight is 1570 g/mol. The molecular weight excluding hydrogens is 1430 g/mol. The SMILES string of the molecule is CC/C=C\C/C=C\C/C=C\C/C=C\C/C=C\C/C=C\CCC(=O)OC[C@H](COP(=O)(O)OC[C@@H](O)COP(=O)(O)OC[C@@H](COC(=O)CCCCCCCCCCCCCCCCC)OC(=O)CCC/C=C\C/C=C\C/C=C\C/C=C\CCCCC)OC(=O)CC/C=C\C/C=C\C/C=C\C/C=C\C/C=C\C/C=C\CC. The van der Waals surface area contributed by atoms with E-state index in [1.807, 2.05) is 48.6 Å². The number of phosphoric acid groups is 2. The number of hydrogen-bond acceptors (Lipinski definition) is 15. The topological polar surface area (TPSA) is 237 Å². The number of unbranched alkanes of at least 4 members (excludes halogenated alkanes) is 18. The van der Waals surface area contributed by atoms with Crippen molar-refractivity contribution in [3.8, 4) is 0 Å². The number of hydrogen-bond donors (Lipinski definition) is 3. The highest BCUT2D eigenvalue weighted by molar-refractivity contribution is 7.47. The lowest BCUT2D eigenvalue weighted by atomic mass is 10.0. The number of allylic oxidation sites excluding steroid dienone is 32. The van der Waals surface area contributed by atoms with E-state index in [1.165, 1.54) is 83.5 Å². The average Bonchev–Trinajstić information content (AvgIpc) is 0.907. The van der Waals surface area contributed by atoms with Crippen molar-refractivity contribution in [1.29, 1.82) is 0 Å². The second kappa shape index (κ2) is 80.9. The molecule has 0 saturated heterocycles. The van der Waals surface area contributed by atoms with Crippen LogP contribution in [-0.2, 0) is 65.4 Å². The van der Waals surface area contributed by atoms with E-state index in [1.54, 1.807) is 0 Å². The fraction of sp³-hybridized carbons (Fsp3) is 0.604. The number of carbonyl (C=O) groups excluding carboxylic acids is 4. The summed E-state index contributed by atoms with van der Waals surface area (Å²) >= 11 is 0. The number of aliphatic hydroxyl groups excluding tert-OH is 1. The highest BCUT2D eigenvalue weighted by atomic mass is 31.2. The first-order valence-electron chi connectivity index (χ1n) is 41.7. The van der Waals surface area contributed by atoms with Gasteiger partial charge in [-0.2, -0.15) is 0 Å². The maximum absolute atomic E-state index is 13.1. The van der Waals surface area contributed by atoms with Crippen LogP contribution in [0.15, 0.2) is 194 Å². The summed E-state index contributed by atoms with van der Waals surface area (Å²) in [5.41, 5.74) is 0. The predicted octanol–water partition coefficient (Wildman–Crippen LogP) is 24.9. The lowest BCUT2D eigenvalue weighted by Crippen LogP contribution is -2.30. The number of aliphatic hydroxyl groups is 1. The lowest BCUT2D eigenvalue weighted by Gasteiger charge is -2.21. The number of carbonyl (C=O) groups is 4. The molecule has 0 heterocycles. The van der Waals surface area contributed by atoms with Crippen molar-refractivity contribution in [3.63, 3.8) is 0 Å². The summed E-state index contributed by atoms with van der Waals surface area (Å²) in [6, 6.07) is 0. The second-order valence-corrected chi connectivity index (χ2v) is 29.9. The summed E-state index contributed by atoms with van der Waals surface area (Å²) in [7, 11) is -10.0. The summed E-state index contributed by atoms with van der Waals surface area (Å²) in [5.74, 6) is -2.45. The van der Waals surface area contributed by atoms with Crippen LogP contribution in [0.2, 0.25) is 0 Å². The first kappa shape index (κ1) is 104. The van der Waals surface area contributed by atoms with E-state index in [-0.39, 0.29) is 25.7 Å². The van der Waals surface area contributed by atoms with Gasteiger partial charge < -0.3 is 33.8 Å². The van der Waals surface area contributed by atoms with E-state index >= 15 is 0 Å². The van der Waals surface area contributed by atoms with Crippen LogP contribution in [0.4, 0.5) is 0 Å². The Morgan fingerprint density at radius 2 is 0.500 bits per heavy atom. The van der Waals surface area contributed by atoms with E-state index < -0.39 is 97.5 Å². The highest BCUT2D eigenvalue weighted by Gasteiger charge is 2.30. The molecule has 0 radical (unpaired) electrons. The number of rotatable bonds is 76. The van der Waals surface area contributed by atoms with Crippen LogP contribution in [0, 0.1) is 0 Å². The van der Waals surface area contributed by atoms with Gasteiger partial charge in [0.2, 0.25) is 0 Å². The Morgan fingerprint density at radius 3 is 0.827 bits per heavy atom. The van der Waals surface area contributed by atoms with Crippen molar-refractivity contribution in [2.45, 2.75) is 316 Å². The third-order valence-corrected chi connectivity index (χ3v) is 18.5. The number of phosphoric ester groups is 2. The lowest BCUT2D eigenvalue weighted by molar-refractivity contribution is -0.161. The first-order valence-corrected chi connectivity index (χ1v) is 44.7. The summed E-state index contributed by atoms with van der Waals surface area (Å²) in [4.78, 5) is 73.1. The van der Waals surface area contributed by atoms with Gasteiger partial charge in [-0.05, 0) is 141 Å². The minimum atomic E-state index is -5.03. The monoisotopic (exact) mass is 1570 g/mol. The van der Waals surface area contributed by atoms with Crippen molar-refractivity contribution in [1.82, 2.24) is 0 Å². The molecule has 0 spiro atoms. The third kappa shape index (κ3) is 80.0. The van der Waals surface area contributed by atoms with Gasteiger partial charge in [0.15, 0.2) is 12.2 Å². The van der Waals surface area contributed by atoms with Gasteiger partial charge in [-0.1, -0.05) is 325 Å². The van der Waals surface area contributed by atoms with E-state index in [4.69, 9.17) is 37.0 Å². The van der Waals surface area contributed by atoms with Crippen LogP contribution in [0.3, 0.4) is 0 Å². The van der Waals surface area contributed by atoms with Crippen LogP contribution >= 0.6 is 15.6 Å². The standard InChI is InChI=1S/C91H146O17P2/c1-5-9-13-17-21-25-29-33-37-40-42-45-48-52-56-60-64-68-72-76-89(94)102-82-87(108-91(96)78-74-70-66-62-58-54-50-46-43-41-38-34-30-26-22-18-14-10-6-2)84-106-110(99,100)104-80-85(92)79-103-109(97,98)105-83-86(81-101-88(93)75-71-67-63-59-55-51-47-36-32-28-24-20-16-12-8-4)107-90(95)77-73-69-65-61-57-53-49-44-39-35-31-27-23-19-15-11-7-3/h9-10,13-14,21-23,25-27,33-35,37-39,42-43,45-46,49,52-54,56,58,61,64-66,68,70,85-87,92H,5-8,11-12,15-20,24,28-32,36,40-41,44,47-48,50-51,55,57,59-60,62-63,67,69,71-84H2,1-4H3,(H,97,98)(H,99,100)/b13-9-,14-10-,25-21-,26-22-,27-23-,37-33-,38-34-,39-35-,45-42-,46-43-,53-49-,56-52-,58-54-,65-61-,68-64-,70-66-/t85-,86+,87+/m0/s1. The van der Waals surface area contributed by atoms with Crippen molar-refractivity contribution in [2.75, 3.05) is 39.6 Å². The van der Waals surface area contributed by atoms with Gasteiger partial charge in [0, 0.05) is 25.7 Å². The van der Waals surface area contributed by atoms with Crippen LogP contribution in [0.25, 0.3) is 0 Å². The fourth-order valence-corrected chi connectivity index (χ4v) is 11.9. The zero-order chi connectivity index (χ0) is 80.3. The quantitative estimate of drug-likeness (QED) is 0.0169. The fourth-order valence-electron chi connectivity index (χ4n) is 10.3. The molecule has 0 amide bonds. The molecule has 0 aliphatic heterocycles. The Kier molecular flexibility index (Phi) is 76.4. The van der Waals surface area contributed by atoms with Gasteiger partial charge in [-0.15, -0.1) is 0 Å². The molecule has 2 unspecified atom stereocenters. The normalized spacial score (nSPS) is 14.8. The molecule has 19 heteroatoms. The van der Waals surface area contributed by atoms with E-state index in [0.717, 1.165) is 116 Å². The minimum Gasteiger partial charge on any atom is -0.462 e. The van der Waals surface area contributed by atoms with Gasteiger partial charge >= 0.3 is 39.5 Å². The Morgan fingerprint density at radius 1 is 0.264 bits per heavy atom. The van der Waals surface area contributed by atoms with Crippen molar-refractivity contribution >= 4 is 39.5 Å². The predicted molar refractivity (Wildman–Crippen MR) is 454 cm³/mol. The van der Waals surface area contributed by atoms with Crippen molar-refractivity contribution < 1.29 is 80.2 Å². The molecule has 0 aliphatic rings. The smallest absolute Gasteiger partial charge is 0.462 e. The molecule has 0 aromatic carbocycles. The molecule has 0 aliphatic carbocycles. The molecule has 0 fully saturated rings. The van der Waals surface area contributed by atoms with Gasteiger partial charge in [0.25, 0.3) is 0 Å². The molecule has 0 aromatic heterocycles. The summed E-state index contributed by atoms with van der Waals surface area (Å²) in [5, 5.41) is 10.7. The summed E-state index contributed by atoms with van der Waals surface area (Å²) < 4.78 is 68.5. The van der Waals surface area contributed by atoms with Crippen molar-refractivity contribution in [2.24, 2.45) is 0 Å². The molecule has 110 heavy (non-hydrogen) atoms. The first-order chi connectivity index (χ1) is 53.7. The number of ether oxygens (including phenoxy) is 4. The Labute approximate surface area is 666 Å². The highest BCUT2D eigenvalue weighted by Crippen LogP contribution is 2.45. The minimum absolute atomic E-state index is 0.0107. The largest absolute Gasteiger partial charge is 0.472 e. The second-order valence-electron chi connectivity index (χ2n) is 27.0. The van der Waals surface area contributed by atoms with Crippen LogP contribution < -0.4 is 0 Å². The maximum atomic E-state index is 13.1. The van der Waals surface area contributed by atoms with Crippen LogP contribution in [0.1, 0.15) is 297 Å². The molecule has 622 valence electrons. The van der Waals surface area contributed by atoms with Gasteiger partial charge in [0.05, 0.1) is 26.4 Å². The molecule has 0 saturated carbocycles. The molecule has 5 atom stereocenters. The molecule has 0 aromatic rings. The Balaban J connectivity index is 5.58.